The summed E-state index contributed by atoms with van der Waals surface area (Å²) < 4.78 is 40.4. The van der Waals surface area contributed by atoms with Crippen LogP contribution in [0.25, 0.3) is 0 Å². The molecule has 3 heterocycles. The molecule has 4 rings (SSSR count). The second-order valence-electron chi connectivity index (χ2n) is 8.45. The highest BCUT2D eigenvalue weighted by atomic mass is 19.1. The lowest BCUT2D eigenvalue weighted by Gasteiger charge is -2.38. The number of rotatable bonds is 5. The summed E-state index contributed by atoms with van der Waals surface area (Å²) in [5, 5.41) is 2.65. The Bertz CT molecular complexity index is 1120. The average molecular weight is 490 g/mol. The van der Waals surface area contributed by atoms with Gasteiger partial charge in [-0.2, -0.15) is 0 Å². The van der Waals surface area contributed by atoms with Crippen molar-refractivity contribution in [3.8, 4) is 11.5 Å². The van der Waals surface area contributed by atoms with Crippen molar-refractivity contribution in [2.45, 2.75) is 32.2 Å². The van der Waals surface area contributed by atoms with Gasteiger partial charge in [0.25, 0.3) is 0 Å². The van der Waals surface area contributed by atoms with Crippen molar-refractivity contribution in [2.24, 2.45) is 0 Å². The van der Waals surface area contributed by atoms with Gasteiger partial charge in [-0.05, 0) is 25.8 Å². The number of carbonyl (C=O) groups excluding carboxylic acids is 2. The number of urea groups is 2. The fraction of sp³-hybridized carbons (Fsp3) is 0.458. The number of benzene rings is 1. The highest BCUT2D eigenvalue weighted by Gasteiger charge is 2.37. The molecule has 35 heavy (non-hydrogen) atoms. The fourth-order valence-corrected chi connectivity index (χ4v) is 4.72. The number of likely N-dealkylation sites (tertiary alicyclic amines) is 1. The zero-order valence-corrected chi connectivity index (χ0v) is 20.2. The second kappa shape index (κ2) is 9.93. The molecular formula is C24H29F2N5O4. The number of piperidine rings is 1. The van der Waals surface area contributed by atoms with E-state index in [1.165, 1.54) is 19.1 Å². The summed E-state index contributed by atoms with van der Waals surface area (Å²) in [7, 11) is 4.11. The van der Waals surface area contributed by atoms with Crippen molar-refractivity contribution in [2.75, 3.05) is 50.7 Å². The van der Waals surface area contributed by atoms with Crippen LogP contribution in [0.2, 0.25) is 0 Å². The zero-order chi connectivity index (χ0) is 25.3. The first kappa shape index (κ1) is 24.5. The number of amides is 4. The zero-order valence-electron chi connectivity index (χ0n) is 20.2. The molecule has 1 fully saturated rings. The molecule has 0 aliphatic carbocycles. The summed E-state index contributed by atoms with van der Waals surface area (Å²) in [4.78, 5) is 34.4. The maximum atomic E-state index is 15.2. The fourth-order valence-electron chi connectivity index (χ4n) is 4.72. The SMILES string of the molecule is CCN1C(=O)N(c2c(F)c(OC)cc(OC)c2F)Cc2cnc(C3CCCN(C(=O)NC)C3)cc21. The van der Waals surface area contributed by atoms with Gasteiger partial charge in [0.15, 0.2) is 23.1 Å². The largest absolute Gasteiger partial charge is 0.493 e. The molecule has 9 nitrogen and oxygen atoms in total. The lowest BCUT2D eigenvalue weighted by atomic mass is 9.93. The van der Waals surface area contributed by atoms with E-state index in [1.807, 2.05) is 6.07 Å². The van der Waals surface area contributed by atoms with Gasteiger partial charge in [0, 0.05) is 56.1 Å². The van der Waals surface area contributed by atoms with Gasteiger partial charge in [0.2, 0.25) is 0 Å². The molecule has 1 N–H and O–H groups in total. The van der Waals surface area contributed by atoms with Gasteiger partial charge in [-0.25, -0.2) is 18.4 Å². The van der Waals surface area contributed by atoms with Crippen LogP contribution in [0.4, 0.5) is 29.7 Å². The van der Waals surface area contributed by atoms with Gasteiger partial charge in [0.05, 0.1) is 26.5 Å². The molecule has 1 atom stereocenters. The van der Waals surface area contributed by atoms with Crippen molar-refractivity contribution < 1.29 is 27.8 Å². The molecule has 2 aliphatic rings. The molecule has 0 radical (unpaired) electrons. The van der Waals surface area contributed by atoms with E-state index in [2.05, 4.69) is 10.3 Å². The molecule has 1 aromatic heterocycles. The normalized spacial score (nSPS) is 17.8. The Morgan fingerprint density at radius 3 is 2.49 bits per heavy atom. The number of hydrogen-bond acceptors (Lipinski definition) is 5. The Labute approximate surface area is 202 Å². The molecule has 2 aliphatic heterocycles. The minimum Gasteiger partial charge on any atom is -0.493 e. The van der Waals surface area contributed by atoms with Crippen LogP contribution in [0, 0.1) is 11.6 Å². The molecule has 4 amide bonds. The summed E-state index contributed by atoms with van der Waals surface area (Å²) in [6.07, 6.45) is 3.35. The molecule has 0 spiro atoms. The van der Waals surface area contributed by atoms with E-state index in [0.717, 1.165) is 29.5 Å². The van der Waals surface area contributed by atoms with Gasteiger partial charge >= 0.3 is 12.1 Å². The number of pyridine rings is 1. The molecule has 188 valence electrons. The van der Waals surface area contributed by atoms with E-state index in [-0.39, 0.29) is 36.5 Å². The van der Waals surface area contributed by atoms with Crippen LogP contribution in [0.1, 0.15) is 36.9 Å². The summed E-state index contributed by atoms with van der Waals surface area (Å²) >= 11 is 0. The lowest BCUT2D eigenvalue weighted by Crippen LogP contribution is -2.48. The van der Waals surface area contributed by atoms with E-state index in [9.17, 15) is 9.59 Å². The number of methoxy groups -OCH3 is 2. The van der Waals surface area contributed by atoms with Crippen molar-refractivity contribution in [3.63, 3.8) is 0 Å². The van der Waals surface area contributed by atoms with Gasteiger partial charge < -0.3 is 19.7 Å². The number of hydrogen-bond donors (Lipinski definition) is 1. The first-order chi connectivity index (χ1) is 16.8. The van der Waals surface area contributed by atoms with Crippen molar-refractivity contribution in [1.82, 2.24) is 15.2 Å². The Kier molecular flexibility index (Phi) is 6.95. The number of aromatic nitrogens is 1. The van der Waals surface area contributed by atoms with Crippen molar-refractivity contribution >= 4 is 23.4 Å². The van der Waals surface area contributed by atoms with Crippen LogP contribution in [0.3, 0.4) is 0 Å². The van der Waals surface area contributed by atoms with Crippen LogP contribution in [-0.4, -0.2) is 62.8 Å². The monoisotopic (exact) mass is 489 g/mol. The maximum absolute atomic E-state index is 15.2. The molecule has 11 heteroatoms. The third-order valence-electron chi connectivity index (χ3n) is 6.54. The molecule has 1 saturated heterocycles. The third kappa shape index (κ3) is 4.30. The number of nitrogens with zero attached hydrogens (tertiary/aromatic N) is 4. The molecular weight excluding hydrogens is 460 g/mol. The van der Waals surface area contributed by atoms with Crippen LogP contribution in [0.15, 0.2) is 18.3 Å². The third-order valence-corrected chi connectivity index (χ3v) is 6.54. The quantitative estimate of drug-likeness (QED) is 0.689. The summed E-state index contributed by atoms with van der Waals surface area (Å²) in [5.74, 6) is -2.41. The van der Waals surface area contributed by atoms with Gasteiger partial charge in [0.1, 0.15) is 5.69 Å². The molecule has 2 aromatic rings. The van der Waals surface area contributed by atoms with Gasteiger partial charge in [-0.15, -0.1) is 0 Å². The minimum absolute atomic E-state index is 0.0238. The Morgan fingerprint density at radius 1 is 1.20 bits per heavy atom. The van der Waals surface area contributed by atoms with Crippen LogP contribution in [0.5, 0.6) is 11.5 Å². The van der Waals surface area contributed by atoms with E-state index < -0.39 is 23.4 Å². The number of fused-ring (bicyclic) bond motifs is 1. The minimum atomic E-state index is -0.986. The summed E-state index contributed by atoms with van der Waals surface area (Å²) in [6, 6.07) is 2.26. The molecule has 0 saturated carbocycles. The van der Waals surface area contributed by atoms with E-state index in [0.29, 0.717) is 24.3 Å². The van der Waals surface area contributed by atoms with E-state index >= 15 is 8.78 Å². The topological polar surface area (TPSA) is 87.2 Å². The number of carbonyl (C=O) groups is 2. The van der Waals surface area contributed by atoms with E-state index in [1.54, 1.807) is 25.1 Å². The highest BCUT2D eigenvalue weighted by Crippen LogP contribution is 2.41. The summed E-state index contributed by atoms with van der Waals surface area (Å²) in [6.45, 7) is 3.20. The van der Waals surface area contributed by atoms with Gasteiger partial charge in [-0.3, -0.25) is 14.8 Å². The first-order valence-electron chi connectivity index (χ1n) is 11.5. The predicted octanol–water partition coefficient (Wildman–Crippen LogP) is 3.86. The molecule has 0 bridgehead atoms. The first-order valence-corrected chi connectivity index (χ1v) is 11.5. The number of anilines is 2. The van der Waals surface area contributed by atoms with Gasteiger partial charge in [-0.1, -0.05) is 0 Å². The standard InChI is InChI=1S/C24H29F2N5O4/c1-5-30-17-9-16(14-7-6-8-29(12-14)23(32)27-2)28-11-15(17)13-31(24(30)33)22-20(25)18(34-3)10-19(35-4)21(22)26/h9-11,14H,5-8,12-13H2,1-4H3,(H,27,32). The lowest BCUT2D eigenvalue weighted by molar-refractivity contribution is 0.181. The smallest absolute Gasteiger partial charge is 0.329 e. The number of ether oxygens (including phenoxy) is 2. The second-order valence-corrected chi connectivity index (χ2v) is 8.45. The average Bonchev–Trinajstić information content (AvgIpc) is 2.88. The Balaban J connectivity index is 1.71. The van der Waals surface area contributed by atoms with Crippen LogP contribution < -0.4 is 24.6 Å². The predicted molar refractivity (Wildman–Crippen MR) is 126 cm³/mol. The number of nitrogens with one attached hydrogen (secondary N) is 1. The van der Waals surface area contributed by atoms with Crippen LogP contribution >= 0.6 is 0 Å². The highest BCUT2D eigenvalue weighted by molar-refractivity contribution is 6.06. The Hall–Kier alpha value is -3.63. The molecule has 1 aromatic carbocycles. The van der Waals surface area contributed by atoms with E-state index in [4.69, 9.17) is 9.47 Å². The van der Waals surface area contributed by atoms with Crippen molar-refractivity contribution in [3.05, 3.63) is 41.2 Å². The van der Waals surface area contributed by atoms with Crippen LogP contribution in [-0.2, 0) is 6.54 Å². The van der Waals surface area contributed by atoms with Crippen molar-refractivity contribution in [1.29, 1.82) is 0 Å². The number of halogens is 2. The summed E-state index contributed by atoms with van der Waals surface area (Å²) in [5.41, 5.74) is 1.53. The molecule has 1 unspecified atom stereocenters. The Morgan fingerprint density at radius 2 is 1.89 bits per heavy atom. The maximum Gasteiger partial charge on any atom is 0.329 e.